The summed E-state index contributed by atoms with van der Waals surface area (Å²) in [7, 11) is 0. The molecule has 0 unspecified atom stereocenters. The number of fused-ring (bicyclic) bond motifs is 3. The Morgan fingerprint density at radius 1 is 0.900 bits per heavy atom. The van der Waals surface area contributed by atoms with Crippen LogP contribution in [0.15, 0.2) is 65.3 Å². The highest BCUT2D eigenvalue weighted by Crippen LogP contribution is 2.33. The number of pyridine rings is 1. The maximum absolute atomic E-state index is 5.68. The van der Waals surface area contributed by atoms with Gasteiger partial charge in [0.05, 0.1) is 17.5 Å². The normalized spacial score (nSPS) is 11.2. The van der Waals surface area contributed by atoms with E-state index in [1.54, 1.807) is 6.26 Å². The molecule has 4 aromatic rings. The van der Waals surface area contributed by atoms with Gasteiger partial charge in [-0.2, -0.15) is 0 Å². The third-order valence-electron chi connectivity index (χ3n) is 3.59. The van der Waals surface area contributed by atoms with E-state index >= 15 is 0 Å². The predicted molar refractivity (Wildman–Crippen MR) is 81.7 cm³/mol. The Hall–Kier alpha value is -2.61. The van der Waals surface area contributed by atoms with E-state index in [0.29, 0.717) is 0 Å². The van der Waals surface area contributed by atoms with Gasteiger partial charge < -0.3 is 4.42 Å². The van der Waals surface area contributed by atoms with Crippen molar-refractivity contribution in [2.75, 3.05) is 0 Å². The van der Waals surface area contributed by atoms with Crippen LogP contribution in [-0.2, 0) is 0 Å². The zero-order chi connectivity index (χ0) is 13.5. The second-order valence-electron chi connectivity index (χ2n) is 5.01. The van der Waals surface area contributed by atoms with Gasteiger partial charge in [0.15, 0.2) is 0 Å². The van der Waals surface area contributed by atoms with Crippen molar-refractivity contribution in [3.05, 3.63) is 66.4 Å². The molecule has 2 aromatic carbocycles. The molecule has 0 saturated heterocycles. The topological polar surface area (TPSA) is 26.0 Å². The van der Waals surface area contributed by atoms with Crippen molar-refractivity contribution in [3.63, 3.8) is 0 Å². The van der Waals surface area contributed by atoms with Gasteiger partial charge in [-0.3, -0.25) is 0 Å². The Bertz CT molecular complexity index is 921. The molecule has 0 N–H and O–H groups in total. The summed E-state index contributed by atoms with van der Waals surface area (Å²) in [5, 5.41) is 2.12. The molecule has 0 saturated carbocycles. The van der Waals surface area contributed by atoms with Crippen LogP contribution in [0.5, 0.6) is 0 Å². The number of hydrogen-bond acceptors (Lipinski definition) is 2. The first-order valence-corrected chi connectivity index (χ1v) is 6.66. The van der Waals surface area contributed by atoms with Gasteiger partial charge in [-0.15, -0.1) is 0 Å². The Kier molecular flexibility index (Phi) is 2.36. The molecule has 96 valence electrons. The van der Waals surface area contributed by atoms with Gasteiger partial charge in [-0.1, -0.05) is 35.9 Å². The number of benzene rings is 2. The van der Waals surface area contributed by atoms with Crippen molar-refractivity contribution in [1.29, 1.82) is 0 Å². The summed E-state index contributed by atoms with van der Waals surface area (Å²) in [6, 6.07) is 18.5. The van der Waals surface area contributed by atoms with Gasteiger partial charge in [-0.25, -0.2) is 4.98 Å². The molecule has 0 fully saturated rings. The lowest BCUT2D eigenvalue weighted by Gasteiger charge is -2.06. The van der Waals surface area contributed by atoms with Crippen LogP contribution in [0.25, 0.3) is 33.1 Å². The Labute approximate surface area is 116 Å². The fraction of sp³-hybridized carbons (Fsp3) is 0.0556. The van der Waals surface area contributed by atoms with Crippen molar-refractivity contribution in [2.24, 2.45) is 0 Å². The first-order chi connectivity index (χ1) is 9.83. The molecule has 0 aliphatic heterocycles. The summed E-state index contributed by atoms with van der Waals surface area (Å²) in [6.45, 7) is 2.09. The minimum absolute atomic E-state index is 0.909. The highest BCUT2D eigenvalue weighted by atomic mass is 16.3. The molecule has 0 atom stereocenters. The fourth-order valence-corrected chi connectivity index (χ4v) is 2.66. The molecular formula is C18H13NO. The molecule has 0 spiro atoms. The molecule has 0 bridgehead atoms. The van der Waals surface area contributed by atoms with E-state index in [-0.39, 0.29) is 0 Å². The van der Waals surface area contributed by atoms with E-state index in [4.69, 9.17) is 9.40 Å². The average Bonchev–Trinajstić information content (AvgIpc) is 2.96. The number of aryl methyl sites for hydroxylation is 1. The van der Waals surface area contributed by atoms with Crippen molar-refractivity contribution in [1.82, 2.24) is 4.98 Å². The Morgan fingerprint density at radius 3 is 2.70 bits per heavy atom. The minimum Gasteiger partial charge on any atom is -0.464 e. The Balaban J connectivity index is 2.14. The SMILES string of the molecule is Cc1cccc(-c2nc3ccccc3c3occc23)c1. The number of para-hydroxylation sites is 1. The number of hydrogen-bond donors (Lipinski definition) is 0. The van der Waals surface area contributed by atoms with Crippen molar-refractivity contribution in [3.8, 4) is 11.3 Å². The van der Waals surface area contributed by atoms with Gasteiger partial charge in [0.25, 0.3) is 0 Å². The molecule has 0 radical (unpaired) electrons. The summed E-state index contributed by atoms with van der Waals surface area (Å²) in [5.74, 6) is 0. The largest absolute Gasteiger partial charge is 0.464 e. The highest BCUT2D eigenvalue weighted by Gasteiger charge is 2.12. The molecule has 0 amide bonds. The van der Waals surface area contributed by atoms with E-state index < -0.39 is 0 Å². The highest BCUT2D eigenvalue weighted by molar-refractivity contribution is 6.07. The van der Waals surface area contributed by atoms with Crippen LogP contribution in [0, 0.1) is 6.92 Å². The molecule has 4 rings (SSSR count). The maximum Gasteiger partial charge on any atom is 0.145 e. The standard InChI is InChI=1S/C18H13NO/c1-12-5-4-6-13(11-12)17-15-9-10-20-18(15)14-7-2-3-8-16(14)19-17/h2-11H,1H3. The first-order valence-electron chi connectivity index (χ1n) is 6.66. The fourth-order valence-electron chi connectivity index (χ4n) is 2.66. The lowest BCUT2D eigenvalue weighted by molar-refractivity contribution is 0.619. The minimum atomic E-state index is 0.909. The molecule has 20 heavy (non-hydrogen) atoms. The van der Waals surface area contributed by atoms with Crippen LogP contribution in [0.1, 0.15) is 5.56 Å². The molecule has 2 heteroatoms. The predicted octanol–water partition coefficient (Wildman–Crippen LogP) is 4.96. The smallest absolute Gasteiger partial charge is 0.145 e. The van der Waals surface area contributed by atoms with E-state index in [1.807, 2.05) is 30.3 Å². The second-order valence-corrected chi connectivity index (χ2v) is 5.01. The summed E-state index contributed by atoms with van der Waals surface area (Å²) >= 11 is 0. The second kappa shape index (κ2) is 4.20. The zero-order valence-corrected chi connectivity index (χ0v) is 11.1. The lowest BCUT2D eigenvalue weighted by atomic mass is 10.0. The lowest BCUT2D eigenvalue weighted by Crippen LogP contribution is -1.87. The summed E-state index contributed by atoms with van der Waals surface area (Å²) in [6.07, 6.45) is 1.73. The summed E-state index contributed by atoms with van der Waals surface area (Å²) in [5.41, 5.74) is 5.21. The van der Waals surface area contributed by atoms with Gasteiger partial charge in [0.1, 0.15) is 5.58 Å². The molecule has 2 heterocycles. The molecule has 2 aromatic heterocycles. The van der Waals surface area contributed by atoms with Gasteiger partial charge in [-0.05, 0) is 31.2 Å². The van der Waals surface area contributed by atoms with E-state index in [2.05, 4.69) is 31.2 Å². The third-order valence-corrected chi connectivity index (χ3v) is 3.59. The van der Waals surface area contributed by atoms with Gasteiger partial charge in [0.2, 0.25) is 0 Å². The van der Waals surface area contributed by atoms with Crippen LogP contribution < -0.4 is 0 Å². The van der Waals surface area contributed by atoms with Gasteiger partial charge >= 0.3 is 0 Å². The summed E-state index contributed by atoms with van der Waals surface area (Å²) in [4.78, 5) is 4.83. The first kappa shape index (κ1) is 11.2. The number of nitrogens with zero attached hydrogens (tertiary/aromatic N) is 1. The van der Waals surface area contributed by atoms with E-state index in [1.165, 1.54) is 5.56 Å². The van der Waals surface area contributed by atoms with Gasteiger partial charge in [0, 0.05) is 16.3 Å². The van der Waals surface area contributed by atoms with Crippen LogP contribution in [0.3, 0.4) is 0 Å². The van der Waals surface area contributed by atoms with Crippen LogP contribution >= 0.6 is 0 Å². The number of furan rings is 1. The summed E-state index contributed by atoms with van der Waals surface area (Å²) < 4.78 is 5.68. The Morgan fingerprint density at radius 2 is 1.80 bits per heavy atom. The molecule has 0 aliphatic carbocycles. The average molecular weight is 259 g/mol. The van der Waals surface area contributed by atoms with Crippen LogP contribution in [-0.4, -0.2) is 4.98 Å². The third kappa shape index (κ3) is 1.62. The number of aromatic nitrogens is 1. The zero-order valence-electron chi connectivity index (χ0n) is 11.1. The molecule has 2 nitrogen and oxygen atoms in total. The molecule has 0 aliphatic rings. The van der Waals surface area contributed by atoms with E-state index in [0.717, 1.165) is 33.1 Å². The monoisotopic (exact) mass is 259 g/mol. The quantitative estimate of drug-likeness (QED) is 0.483. The van der Waals surface area contributed by atoms with Crippen molar-refractivity contribution >= 4 is 21.9 Å². The van der Waals surface area contributed by atoms with Crippen molar-refractivity contribution < 1.29 is 4.42 Å². The van der Waals surface area contributed by atoms with Crippen molar-refractivity contribution in [2.45, 2.75) is 6.92 Å². The number of rotatable bonds is 1. The van der Waals surface area contributed by atoms with Crippen LogP contribution in [0.2, 0.25) is 0 Å². The molecular weight excluding hydrogens is 246 g/mol. The van der Waals surface area contributed by atoms with E-state index in [9.17, 15) is 0 Å². The maximum atomic E-state index is 5.68. The van der Waals surface area contributed by atoms with Crippen LogP contribution in [0.4, 0.5) is 0 Å².